The highest BCUT2D eigenvalue weighted by atomic mass is 16.5. The van der Waals surface area contributed by atoms with Gasteiger partial charge in [-0.1, -0.05) is 6.92 Å². The lowest BCUT2D eigenvalue weighted by atomic mass is 9.93. The largest absolute Gasteiger partial charge is 0.377 e. The van der Waals surface area contributed by atoms with E-state index in [0.717, 1.165) is 19.4 Å². The summed E-state index contributed by atoms with van der Waals surface area (Å²) in [6.45, 7) is 7.34. The summed E-state index contributed by atoms with van der Waals surface area (Å²) >= 11 is 0. The van der Waals surface area contributed by atoms with Crippen molar-refractivity contribution in [2.24, 2.45) is 11.7 Å². The zero-order chi connectivity index (χ0) is 12.3. The number of piperidine rings is 1. The molecule has 0 spiro atoms. The van der Waals surface area contributed by atoms with E-state index in [4.69, 9.17) is 10.5 Å². The van der Waals surface area contributed by atoms with E-state index in [1.54, 1.807) is 7.11 Å². The number of nitrogens with two attached hydrogens (primary N) is 1. The lowest BCUT2D eigenvalue weighted by Crippen LogP contribution is -2.52. The average molecular weight is 228 g/mol. The summed E-state index contributed by atoms with van der Waals surface area (Å²) in [5, 5.41) is 0. The predicted molar refractivity (Wildman–Crippen MR) is 64.0 cm³/mol. The van der Waals surface area contributed by atoms with E-state index in [0.29, 0.717) is 6.54 Å². The monoisotopic (exact) mass is 228 g/mol. The minimum atomic E-state index is -0.189. The first-order chi connectivity index (χ1) is 7.39. The van der Waals surface area contributed by atoms with Crippen LogP contribution >= 0.6 is 0 Å². The molecule has 1 aliphatic heterocycles. The van der Waals surface area contributed by atoms with Crippen molar-refractivity contribution in [1.82, 2.24) is 4.90 Å². The Bertz CT molecular complexity index is 255. The molecule has 1 saturated heterocycles. The molecule has 0 aromatic rings. The van der Waals surface area contributed by atoms with Gasteiger partial charge in [0.2, 0.25) is 5.91 Å². The zero-order valence-corrected chi connectivity index (χ0v) is 10.8. The van der Waals surface area contributed by atoms with E-state index in [1.807, 2.05) is 18.7 Å². The molecule has 16 heavy (non-hydrogen) atoms. The minimum absolute atomic E-state index is 0.0942. The topological polar surface area (TPSA) is 55.6 Å². The van der Waals surface area contributed by atoms with Gasteiger partial charge in [0.25, 0.3) is 0 Å². The number of nitrogens with zero attached hydrogens (tertiary/aromatic N) is 1. The highest BCUT2D eigenvalue weighted by molar-refractivity contribution is 5.79. The van der Waals surface area contributed by atoms with E-state index in [-0.39, 0.29) is 23.5 Å². The van der Waals surface area contributed by atoms with Gasteiger partial charge in [-0.25, -0.2) is 0 Å². The Labute approximate surface area is 98.1 Å². The zero-order valence-electron chi connectivity index (χ0n) is 10.8. The predicted octanol–water partition coefficient (Wildman–Crippen LogP) is 0.997. The number of carbonyl (C=O) groups is 1. The molecule has 0 radical (unpaired) electrons. The number of hydrogen-bond donors (Lipinski definition) is 1. The lowest BCUT2D eigenvalue weighted by molar-refractivity contribution is -0.143. The first-order valence-corrected chi connectivity index (χ1v) is 5.99. The van der Waals surface area contributed by atoms with Crippen LogP contribution in [0, 0.1) is 5.92 Å². The first-order valence-electron chi connectivity index (χ1n) is 5.99. The number of carbonyl (C=O) groups excluding carboxylic acids is 1. The van der Waals surface area contributed by atoms with E-state index in [1.165, 1.54) is 0 Å². The summed E-state index contributed by atoms with van der Waals surface area (Å²) in [6, 6.07) is -0.0942. The van der Waals surface area contributed by atoms with Gasteiger partial charge in [-0.15, -0.1) is 0 Å². The second kappa shape index (κ2) is 5.15. The second-order valence-electron chi connectivity index (χ2n) is 5.17. The van der Waals surface area contributed by atoms with Gasteiger partial charge in [0.1, 0.15) is 0 Å². The number of methoxy groups -OCH3 is 1. The fraction of sp³-hybridized carbons (Fsp3) is 0.917. The lowest BCUT2D eigenvalue weighted by Gasteiger charge is -2.40. The molecule has 0 aliphatic carbocycles. The molecule has 3 unspecified atom stereocenters. The Balaban J connectivity index is 2.64. The molecule has 4 nitrogen and oxygen atoms in total. The van der Waals surface area contributed by atoms with E-state index in [2.05, 4.69) is 6.92 Å². The Morgan fingerprint density at radius 1 is 1.50 bits per heavy atom. The van der Waals surface area contributed by atoms with Gasteiger partial charge in [-0.05, 0) is 26.7 Å². The summed E-state index contributed by atoms with van der Waals surface area (Å²) in [4.78, 5) is 14.0. The average Bonchev–Trinajstić information content (AvgIpc) is 2.27. The van der Waals surface area contributed by atoms with Crippen LogP contribution in [0.5, 0.6) is 0 Å². The Kier molecular flexibility index (Phi) is 4.33. The number of amides is 1. The molecule has 1 aliphatic rings. The standard InChI is InChI=1S/C12H24N2O2/c1-9(10(2)13)11(15)14-7-5-6-12(3,8-14)16-4/h9-10H,5-8,13H2,1-4H3. The van der Waals surface area contributed by atoms with Crippen LogP contribution in [0.25, 0.3) is 0 Å². The molecule has 4 heteroatoms. The summed E-state index contributed by atoms with van der Waals surface area (Å²) in [5.41, 5.74) is 5.58. The van der Waals surface area contributed by atoms with Crippen molar-refractivity contribution < 1.29 is 9.53 Å². The quantitative estimate of drug-likeness (QED) is 0.784. The number of rotatable bonds is 3. The van der Waals surface area contributed by atoms with Crippen molar-refractivity contribution in [3.8, 4) is 0 Å². The number of hydrogen-bond acceptors (Lipinski definition) is 3. The van der Waals surface area contributed by atoms with Gasteiger partial charge in [-0.2, -0.15) is 0 Å². The maximum atomic E-state index is 12.1. The van der Waals surface area contributed by atoms with Gasteiger partial charge in [0, 0.05) is 26.2 Å². The van der Waals surface area contributed by atoms with Crippen LogP contribution in [-0.2, 0) is 9.53 Å². The van der Waals surface area contributed by atoms with Crippen molar-refractivity contribution in [2.75, 3.05) is 20.2 Å². The molecule has 0 aromatic heterocycles. The van der Waals surface area contributed by atoms with Gasteiger partial charge in [0.15, 0.2) is 0 Å². The molecule has 3 atom stereocenters. The number of likely N-dealkylation sites (tertiary alicyclic amines) is 1. The Hall–Kier alpha value is -0.610. The summed E-state index contributed by atoms with van der Waals surface area (Å²) in [7, 11) is 1.71. The molecule has 1 amide bonds. The maximum Gasteiger partial charge on any atom is 0.227 e. The molecule has 0 saturated carbocycles. The van der Waals surface area contributed by atoms with Crippen LogP contribution in [-0.4, -0.2) is 42.6 Å². The van der Waals surface area contributed by atoms with Gasteiger partial charge < -0.3 is 15.4 Å². The normalized spacial score (nSPS) is 29.9. The van der Waals surface area contributed by atoms with Gasteiger partial charge >= 0.3 is 0 Å². The summed E-state index contributed by atoms with van der Waals surface area (Å²) < 4.78 is 5.47. The van der Waals surface area contributed by atoms with Gasteiger partial charge in [0.05, 0.1) is 11.5 Å². The molecular weight excluding hydrogens is 204 g/mol. The van der Waals surface area contributed by atoms with Crippen molar-refractivity contribution >= 4 is 5.91 Å². The molecule has 2 N–H and O–H groups in total. The van der Waals surface area contributed by atoms with E-state index < -0.39 is 0 Å². The Morgan fingerprint density at radius 2 is 2.12 bits per heavy atom. The van der Waals surface area contributed by atoms with Gasteiger partial charge in [-0.3, -0.25) is 4.79 Å². The third-order valence-electron chi connectivity index (χ3n) is 3.64. The molecule has 1 fully saturated rings. The van der Waals surface area contributed by atoms with Crippen molar-refractivity contribution in [1.29, 1.82) is 0 Å². The fourth-order valence-electron chi connectivity index (χ4n) is 2.07. The summed E-state index contributed by atoms with van der Waals surface area (Å²) in [6.07, 6.45) is 2.02. The highest BCUT2D eigenvalue weighted by Gasteiger charge is 2.34. The van der Waals surface area contributed by atoms with Crippen molar-refractivity contribution in [2.45, 2.75) is 45.3 Å². The molecule has 94 valence electrons. The third-order valence-corrected chi connectivity index (χ3v) is 3.64. The third kappa shape index (κ3) is 2.95. The first kappa shape index (κ1) is 13.5. The molecular formula is C12H24N2O2. The van der Waals surface area contributed by atoms with Crippen LogP contribution in [0.4, 0.5) is 0 Å². The van der Waals surface area contributed by atoms with Crippen molar-refractivity contribution in [3.63, 3.8) is 0 Å². The van der Waals surface area contributed by atoms with Crippen LogP contribution in [0.2, 0.25) is 0 Å². The SMILES string of the molecule is COC1(C)CCCN(C(=O)C(C)C(C)N)C1. The second-order valence-corrected chi connectivity index (χ2v) is 5.17. The number of ether oxygens (including phenoxy) is 1. The smallest absolute Gasteiger partial charge is 0.227 e. The Morgan fingerprint density at radius 3 is 2.62 bits per heavy atom. The van der Waals surface area contributed by atoms with E-state index >= 15 is 0 Å². The molecule has 1 heterocycles. The van der Waals surface area contributed by atoms with E-state index in [9.17, 15) is 4.79 Å². The minimum Gasteiger partial charge on any atom is -0.377 e. The van der Waals surface area contributed by atoms with Crippen molar-refractivity contribution in [3.05, 3.63) is 0 Å². The molecule has 0 bridgehead atoms. The maximum absolute atomic E-state index is 12.1. The fourth-order valence-corrected chi connectivity index (χ4v) is 2.07. The highest BCUT2D eigenvalue weighted by Crippen LogP contribution is 2.25. The van der Waals surface area contributed by atoms with Crippen LogP contribution in [0.3, 0.4) is 0 Å². The van der Waals surface area contributed by atoms with Crippen LogP contribution in [0.15, 0.2) is 0 Å². The molecule has 1 rings (SSSR count). The van der Waals surface area contributed by atoms with Crippen LogP contribution in [0.1, 0.15) is 33.6 Å². The molecule has 0 aromatic carbocycles. The summed E-state index contributed by atoms with van der Waals surface area (Å²) in [5.74, 6) is 0.0391. The van der Waals surface area contributed by atoms with Crippen LogP contribution < -0.4 is 5.73 Å².